The summed E-state index contributed by atoms with van der Waals surface area (Å²) in [7, 11) is 0. The Balaban J connectivity index is 1.60. The molecular weight excluding hydrogens is 423 g/mol. The smallest absolute Gasteiger partial charge is 0.433 e. The zero-order valence-corrected chi connectivity index (χ0v) is 17.4. The summed E-state index contributed by atoms with van der Waals surface area (Å²) in [6.07, 6.45) is 0.545. The predicted molar refractivity (Wildman–Crippen MR) is 110 cm³/mol. The van der Waals surface area contributed by atoms with Gasteiger partial charge < -0.3 is 10.1 Å². The van der Waals surface area contributed by atoms with Crippen molar-refractivity contribution in [1.29, 1.82) is 0 Å². The zero-order chi connectivity index (χ0) is 22.7. The maximum absolute atomic E-state index is 13.1. The number of nitrogens with zero attached hydrogens (tertiary/aromatic N) is 4. The van der Waals surface area contributed by atoms with E-state index < -0.39 is 11.9 Å². The molecule has 0 spiro atoms. The van der Waals surface area contributed by atoms with Crippen molar-refractivity contribution in [2.45, 2.75) is 44.9 Å². The van der Waals surface area contributed by atoms with Crippen LogP contribution in [0.4, 0.5) is 13.2 Å². The summed E-state index contributed by atoms with van der Waals surface area (Å²) in [6, 6.07) is 7.09. The van der Waals surface area contributed by atoms with Gasteiger partial charge in [0.05, 0.1) is 24.0 Å². The second-order valence-electron chi connectivity index (χ2n) is 7.44. The lowest BCUT2D eigenvalue weighted by atomic mass is 10.1. The number of nitrogens with one attached hydrogen (secondary N) is 1. The number of carbonyl (C=O) groups excluding carboxylic acids is 1. The second kappa shape index (κ2) is 8.97. The SMILES string of the molecule is CCOc1cc(C(=O)NC2CCCCn3nc(-c4ccnc(C(F)(F)F)c4)cc32)ccn1. The number of pyridine rings is 2. The van der Waals surface area contributed by atoms with Crippen LogP contribution >= 0.6 is 0 Å². The molecule has 0 radical (unpaired) electrons. The lowest BCUT2D eigenvalue weighted by Gasteiger charge is -2.17. The number of aryl methyl sites for hydroxylation is 1. The maximum Gasteiger partial charge on any atom is 0.433 e. The molecule has 32 heavy (non-hydrogen) atoms. The van der Waals surface area contributed by atoms with E-state index in [0.717, 1.165) is 30.8 Å². The van der Waals surface area contributed by atoms with Gasteiger partial charge in [0.15, 0.2) is 0 Å². The van der Waals surface area contributed by atoms with Crippen molar-refractivity contribution in [3.63, 3.8) is 0 Å². The van der Waals surface area contributed by atoms with Gasteiger partial charge in [0, 0.05) is 36.1 Å². The van der Waals surface area contributed by atoms with Gasteiger partial charge in [0.25, 0.3) is 5.91 Å². The van der Waals surface area contributed by atoms with E-state index in [1.165, 1.54) is 12.3 Å². The third kappa shape index (κ3) is 4.74. The Bertz CT molecular complexity index is 1110. The van der Waals surface area contributed by atoms with Crippen molar-refractivity contribution < 1.29 is 22.7 Å². The van der Waals surface area contributed by atoms with Gasteiger partial charge in [-0.1, -0.05) is 0 Å². The molecule has 168 valence electrons. The average molecular weight is 445 g/mol. The highest BCUT2D eigenvalue weighted by Gasteiger charge is 2.33. The Labute approximate surface area is 182 Å². The largest absolute Gasteiger partial charge is 0.478 e. The first-order chi connectivity index (χ1) is 15.3. The van der Waals surface area contributed by atoms with Crippen LogP contribution in [0, 0.1) is 0 Å². The highest BCUT2D eigenvalue weighted by Crippen LogP contribution is 2.32. The third-order valence-corrected chi connectivity index (χ3v) is 5.22. The normalized spacial score (nSPS) is 16.2. The van der Waals surface area contributed by atoms with Gasteiger partial charge >= 0.3 is 6.18 Å². The van der Waals surface area contributed by atoms with E-state index in [0.29, 0.717) is 42.3 Å². The fourth-order valence-corrected chi connectivity index (χ4v) is 3.70. The monoisotopic (exact) mass is 445 g/mol. The van der Waals surface area contributed by atoms with Crippen molar-refractivity contribution in [3.8, 4) is 17.1 Å². The maximum atomic E-state index is 13.1. The minimum absolute atomic E-state index is 0.280. The molecule has 0 saturated carbocycles. The molecule has 0 saturated heterocycles. The summed E-state index contributed by atoms with van der Waals surface area (Å²) >= 11 is 0. The lowest BCUT2D eigenvalue weighted by Crippen LogP contribution is -2.29. The van der Waals surface area contributed by atoms with Gasteiger partial charge in [0.1, 0.15) is 5.69 Å². The number of hydrogen-bond donors (Lipinski definition) is 1. The van der Waals surface area contributed by atoms with Crippen LogP contribution in [0.2, 0.25) is 0 Å². The number of alkyl halides is 3. The van der Waals surface area contributed by atoms with E-state index in [1.54, 1.807) is 22.9 Å². The number of carbonyl (C=O) groups is 1. The van der Waals surface area contributed by atoms with Crippen molar-refractivity contribution in [2.75, 3.05) is 6.61 Å². The van der Waals surface area contributed by atoms with Crippen LogP contribution in [-0.2, 0) is 12.7 Å². The molecule has 4 heterocycles. The molecule has 1 unspecified atom stereocenters. The van der Waals surface area contributed by atoms with E-state index in [4.69, 9.17) is 4.74 Å². The van der Waals surface area contributed by atoms with Crippen LogP contribution < -0.4 is 10.1 Å². The first-order valence-corrected chi connectivity index (χ1v) is 10.4. The Morgan fingerprint density at radius 2 is 2.00 bits per heavy atom. The van der Waals surface area contributed by atoms with Crippen molar-refractivity contribution >= 4 is 5.91 Å². The summed E-state index contributed by atoms with van der Waals surface area (Å²) in [5.41, 5.74) is 0.953. The molecule has 4 rings (SSSR count). The minimum atomic E-state index is -4.53. The zero-order valence-electron chi connectivity index (χ0n) is 17.4. The van der Waals surface area contributed by atoms with Crippen LogP contribution in [0.25, 0.3) is 11.3 Å². The first-order valence-electron chi connectivity index (χ1n) is 10.4. The fraction of sp³-hybridized carbons (Fsp3) is 0.364. The molecule has 1 aliphatic rings. The molecular formula is C22H22F3N5O2. The summed E-state index contributed by atoms with van der Waals surface area (Å²) in [4.78, 5) is 20.3. The molecule has 1 amide bonds. The Hall–Kier alpha value is -3.43. The van der Waals surface area contributed by atoms with Crippen molar-refractivity contribution in [3.05, 3.63) is 59.7 Å². The second-order valence-corrected chi connectivity index (χ2v) is 7.44. The summed E-state index contributed by atoms with van der Waals surface area (Å²) in [5, 5.41) is 7.54. The minimum Gasteiger partial charge on any atom is -0.478 e. The van der Waals surface area contributed by atoms with E-state index in [-0.39, 0.29) is 11.9 Å². The van der Waals surface area contributed by atoms with Crippen LogP contribution in [0.3, 0.4) is 0 Å². The van der Waals surface area contributed by atoms with Crippen molar-refractivity contribution in [2.24, 2.45) is 0 Å². The number of rotatable bonds is 5. The lowest BCUT2D eigenvalue weighted by molar-refractivity contribution is -0.141. The molecule has 3 aromatic rings. The van der Waals surface area contributed by atoms with Gasteiger partial charge in [-0.15, -0.1) is 0 Å². The van der Waals surface area contributed by atoms with Gasteiger partial charge in [-0.2, -0.15) is 18.3 Å². The number of ether oxygens (including phenoxy) is 1. The van der Waals surface area contributed by atoms with E-state index in [9.17, 15) is 18.0 Å². The standard InChI is InChI=1S/C22H22F3N5O2/c1-2-32-20-12-15(7-9-27-20)21(31)28-16-5-3-4-10-30-18(16)13-17(29-30)14-6-8-26-19(11-14)22(23,24)25/h6-9,11-13,16H,2-5,10H2,1H3,(H,28,31). The Morgan fingerprint density at radius 3 is 2.78 bits per heavy atom. The molecule has 1 aliphatic heterocycles. The summed E-state index contributed by atoms with van der Waals surface area (Å²) in [5.74, 6) is 0.0873. The van der Waals surface area contributed by atoms with Gasteiger partial charge in [0.2, 0.25) is 5.88 Å². The Morgan fingerprint density at radius 1 is 1.19 bits per heavy atom. The average Bonchev–Trinajstić information content (AvgIpc) is 3.11. The quantitative estimate of drug-likeness (QED) is 0.629. The third-order valence-electron chi connectivity index (χ3n) is 5.22. The summed E-state index contributed by atoms with van der Waals surface area (Å²) < 4.78 is 46.3. The molecule has 1 N–H and O–H groups in total. The van der Waals surface area contributed by atoms with Crippen LogP contribution in [0.5, 0.6) is 5.88 Å². The molecule has 0 fully saturated rings. The van der Waals surface area contributed by atoms with Crippen LogP contribution in [0.15, 0.2) is 42.7 Å². The molecule has 0 aliphatic carbocycles. The van der Waals surface area contributed by atoms with Gasteiger partial charge in [-0.25, -0.2) is 4.98 Å². The predicted octanol–water partition coefficient (Wildman–Crippen LogP) is 4.41. The summed E-state index contributed by atoms with van der Waals surface area (Å²) in [6.45, 7) is 2.90. The molecule has 3 aromatic heterocycles. The van der Waals surface area contributed by atoms with E-state index in [2.05, 4.69) is 20.4 Å². The highest BCUT2D eigenvalue weighted by atomic mass is 19.4. The number of aromatic nitrogens is 4. The number of halogens is 3. The fourth-order valence-electron chi connectivity index (χ4n) is 3.70. The van der Waals surface area contributed by atoms with E-state index >= 15 is 0 Å². The van der Waals surface area contributed by atoms with Crippen LogP contribution in [-0.4, -0.2) is 32.3 Å². The number of fused-ring (bicyclic) bond motifs is 1. The molecule has 1 atom stereocenters. The van der Waals surface area contributed by atoms with Crippen molar-refractivity contribution in [1.82, 2.24) is 25.1 Å². The molecule has 10 heteroatoms. The van der Waals surface area contributed by atoms with Gasteiger partial charge in [-0.05, 0) is 50.5 Å². The highest BCUT2D eigenvalue weighted by molar-refractivity contribution is 5.94. The molecule has 0 aromatic carbocycles. The number of hydrogen-bond acceptors (Lipinski definition) is 5. The molecule has 7 nitrogen and oxygen atoms in total. The Kier molecular flexibility index (Phi) is 6.11. The van der Waals surface area contributed by atoms with Gasteiger partial charge in [-0.3, -0.25) is 14.5 Å². The first kappa shape index (κ1) is 21.8. The molecule has 0 bridgehead atoms. The van der Waals surface area contributed by atoms with E-state index in [1.807, 2.05) is 6.92 Å². The topological polar surface area (TPSA) is 81.9 Å². The number of amides is 1. The van der Waals surface area contributed by atoms with Crippen LogP contribution in [0.1, 0.15) is 54.0 Å².